The smallest absolute Gasteiger partial charge is 0.467 e. The molecular weight excluding hydrogens is 259 g/mol. The first-order valence-corrected chi connectivity index (χ1v) is 7.43. The lowest BCUT2D eigenvalue weighted by molar-refractivity contribution is -0.148. The second-order valence-electron chi connectivity index (χ2n) is 2.84. The number of hydrogen-bond acceptors (Lipinski definition) is 7. The summed E-state index contributed by atoms with van der Waals surface area (Å²) in [6.45, 7) is 0. The molecule has 9 heteroatoms. The van der Waals surface area contributed by atoms with Gasteiger partial charge in [-0.3, -0.25) is 4.18 Å². The molecular formula is C7H14O7PS+. The number of carbonyl (C=O) groups excluding carboxylic acids is 1. The Morgan fingerprint density at radius 2 is 1.94 bits per heavy atom. The Labute approximate surface area is 95.1 Å². The Balaban J connectivity index is 4.45. The van der Waals surface area contributed by atoms with Crippen molar-refractivity contribution in [2.45, 2.75) is 12.5 Å². The monoisotopic (exact) mass is 273 g/mol. The lowest BCUT2D eigenvalue weighted by Gasteiger charge is -2.10. The van der Waals surface area contributed by atoms with E-state index < -0.39 is 30.2 Å². The standard InChI is InChI=1S/C7H14O7PS/c1-12-7(8)6(14-16(3,10)11)4-5-15(9)13-2/h6H,4-5H2,1-3H3/q+1. The van der Waals surface area contributed by atoms with Gasteiger partial charge in [-0.15, -0.1) is 4.52 Å². The van der Waals surface area contributed by atoms with Crippen molar-refractivity contribution >= 4 is 24.1 Å². The van der Waals surface area contributed by atoms with Gasteiger partial charge in [-0.25, -0.2) is 4.79 Å². The molecule has 0 aliphatic carbocycles. The summed E-state index contributed by atoms with van der Waals surface area (Å²) < 4.78 is 46.0. The van der Waals surface area contributed by atoms with E-state index in [2.05, 4.69) is 13.4 Å². The fraction of sp³-hybridized carbons (Fsp3) is 0.857. The summed E-state index contributed by atoms with van der Waals surface area (Å²) in [5, 5.41) is 0. The van der Waals surface area contributed by atoms with E-state index in [1.54, 1.807) is 0 Å². The second kappa shape index (κ2) is 6.90. The summed E-state index contributed by atoms with van der Waals surface area (Å²) in [5.74, 6) is -0.829. The molecule has 0 saturated heterocycles. The third-order valence-corrected chi connectivity index (χ3v) is 3.15. The summed E-state index contributed by atoms with van der Waals surface area (Å²) in [6, 6.07) is 0. The van der Waals surface area contributed by atoms with E-state index in [1.165, 1.54) is 7.11 Å². The van der Waals surface area contributed by atoms with Crippen LogP contribution in [0.1, 0.15) is 6.42 Å². The SMILES string of the molecule is COC(=O)C(CC[P+](=O)OC)OS(C)(=O)=O. The summed E-state index contributed by atoms with van der Waals surface area (Å²) in [6.07, 6.45) is -0.502. The van der Waals surface area contributed by atoms with Gasteiger partial charge in [-0.1, -0.05) is 0 Å². The number of rotatable bonds is 7. The highest BCUT2D eigenvalue weighted by atomic mass is 32.2. The lowest BCUT2D eigenvalue weighted by Crippen LogP contribution is -2.28. The Morgan fingerprint density at radius 1 is 1.38 bits per heavy atom. The number of ether oxygens (including phenoxy) is 1. The number of hydrogen-bond donors (Lipinski definition) is 0. The highest BCUT2D eigenvalue weighted by Gasteiger charge is 2.28. The van der Waals surface area contributed by atoms with Crippen LogP contribution in [0, 0.1) is 0 Å². The van der Waals surface area contributed by atoms with E-state index in [0.29, 0.717) is 0 Å². The molecule has 7 nitrogen and oxygen atoms in total. The van der Waals surface area contributed by atoms with Crippen LogP contribution in [0.15, 0.2) is 0 Å². The van der Waals surface area contributed by atoms with Crippen molar-refractivity contribution in [1.82, 2.24) is 0 Å². The third kappa shape index (κ3) is 6.84. The summed E-state index contributed by atoms with van der Waals surface area (Å²) >= 11 is 0. The zero-order valence-corrected chi connectivity index (χ0v) is 10.9. The highest BCUT2D eigenvalue weighted by Crippen LogP contribution is 2.23. The van der Waals surface area contributed by atoms with Crippen LogP contribution in [0.4, 0.5) is 0 Å². The van der Waals surface area contributed by atoms with Gasteiger partial charge in [0.05, 0.1) is 20.5 Å². The van der Waals surface area contributed by atoms with E-state index in [4.69, 9.17) is 0 Å². The maximum atomic E-state index is 11.1. The molecule has 0 N–H and O–H groups in total. The number of carbonyl (C=O) groups is 1. The maximum absolute atomic E-state index is 11.1. The first-order chi connectivity index (χ1) is 7.30. The molecule has 0 aromatic heterocycles. The minimum atomic E-state index is -3.77. The molecule has 2 unspecified atom stereocenters. The second-order valence-corrected chi connectivity index (χ2v) is 5.92. The predicted octanol–water partition coefficient (Wildman–Crippen LogP) is 0.283. The lowest BCUT2D eigenvalue weighted by atomic mass is 10.3. The van der Waals surface area contributed by atoms with Crippen LogP contribution in [0.25, 0.3) is 0 Å². The first-order valence-electron chi connectivity index (χ1n) is 4.25. The minimum Gasteiger partial charge on any atom is -0.467 e. The van der Waals surface area contributed by atoms with Crippen molar-refractivity contribution in [2.75, 3.05) is 26.6 Å². The molecule has 0 aromatic carbocycles. The molecule has 0 heterocycles. The molecule has 0 rings (SSSR count). The fourth-order valence-corrected chi connectivity index (χ4v) is 2.09. The van der Waals surface area contributed by atoms with Crippen molar-refractivity contribution < 1.29 is 31.2 Å². The number of methoxy groups -OCH3 is 1. The van der Waals surface area contributed by atoms with Crippen molar-refractivity contribution in [2.24, 2.45) is 0 Å². The molecule has 0 aliphatic rings. The topological polar surface area (TPSA) is 96.0 Å². The Kier molecular flexibility index (Phi) is 6.66. The molecule has 16 heavy (non-hydrogen) atoms. The van der Waals surface area contributed by atoms with E-state index in [1.807, 2.05) is 0 Å². The van der Waals surface area contributed by atoms with Crippen LogP contribution in [-0.2, 0) is 32.9 Å². The molecule has 94 valence electrons. The van der Waals surface area contributed by atoms with Gasteiger partial charge in [-0.2, -0.15) is 8.42 Å². The van der Waals surface area contributed by atoms with Gasteiger partial charge in [0.1, 0.15) is 0 Å². The Bertz CT molecular complexity index is 350. The molecule has 0 aliphatic heterocycles. The molecule has 0 bridgehead atoms. The third-order valence-electron chi connectivity index (χ3n) is 1.53. The Morgan fingerprint density at radius 3 is 2.31 bits per heavy atom. The van der Waals surface area contributed by atoms with Crippen LogP contribution >= 0.6 is 8.03 Å². The molecule has 0 radical (unpaired) electrons. The van der Waals surface area contributed by atoms with Crippen molar-refractivity contribution in [1.29, 1.82) is 0 Å². The van der Waals surface area contributed by atoms with Crippen LogP contribution < -0.4 is 0 Å². The van der Waals surface area contributed by atoms with Gasteiger partial charge in [-0.05, 0) is 4.57 Å². The maximum Gasteiger partial charge on any atom is 0.507 e. The number of esters is 1. The van der Waals surface area contributed by atoms with E-state index in [9.17, 15) is 17.8 Å². The van der Waals surface area contributed by atoms with Crippen LogP contribution in [0.2, 0.25) is 0 Å². The van der Waals surface area contributed by atoms with Crippen LogP contribution in [0.3, 0.4) is 0 Å². The molecule has 0 saturated carbocycles. The van der Waals surface area contributed by atoms with Crippen LogP contribution in [0.5, 0.6) is 0 Å². The summed E-state index contributed by atoms with van der Waals surface area (Å²) in [4.78, 5) is 11.1. The van der Waals surface area contributed by atoms with E-state index in [0.717, 1.165) is 13.4 Å². The molecule has 2 atom stereocenters. The van der Waals surface area contributed by atoms with Gasteiger partial charge in [0.2, 0.25) is 0 Å². The van der Waals surface area contributed by atoms with Crippen molar-refractivity contribution in [3.05, 3.63) is 0 Å². The van der Waals surface area contributed by atoms with Crippen LogP contribution in [-0.4, -0.2) is 47.1 Å². The summed E-state index contributed by atoms with van der Waals surface area (Å²) in [7, 11) is -3.32. The minimum absolute atomic E-state index is 0.0150. The van der Waals surface area contributed by atoms with Gasteiger partial charge < -0.3 is 4.74 Å². The quantitative estimate of drug-likeness (QED) is 0.373. The largest absolute Gasteiger partial charge is 0.507 e. The van der Waals surface area contributed by atoms with E-state index >= 15 is 0 Å². The van der Waals surface area contributed by atoms with Gasteiger partial charge in [0.15, 0.2) is 12.3 Å². The fourth-order valence-electron chi connectivity index (χ4n) is 0.862. The average Bonchev–Trinajstić information content (AvgIpc) is 2.20. The highest BCUT2D eigenvalue weighted by molar-refractivity contribution is 7.86. The summed E-state index contributed by atoms with van der Waals surface area (Å²) in [5.41, 5.74) is 0. The van der Waals surface area contributed by atoms with Gasteiger partial charge in [0.25, 0.3) is 10.1 Å². The molecule has 0 spiro atoms. The zero-order chi connectivity index (χ0) is 12.8. The van der Waals surface area contributed by atoms with Gasteiger partial charge >= 0.3 is 14.0 Å². The molecule has 0 fully saturated rings. The Hall–Kier alpha value is -0.560. The molecule has 0 aromatic rings. The van der Waals surface area contributed by atoms with Crippen molar-refractivity contribution in [3.8, 4) is 0 Å². The average molecular weight is 273 g/mol. The predicted molar refractivity (Wildman–Crippen MR) is 55.8 cm³/mol. The van der Waals surface area contributed by atoms with E-state index in [-0.39, 0.29) is 12.6 Å². The zero-order valence-electron chi connectivity index (χ0n) is 9.20. The normalized spacial score (nSPS) is 14.3. The first kappa shape index (κ1) is 15.4. The van der Waals surface area contributed by atoms with Crippen molar-refractivity contribution in [3.63, 3.8) is 0 Å². The van der Waals surface area contributed by atoms with Gasteiger partial charge in [0, 0.05) is 6.42 Å². The molecule has 0 amide bonds.